The zero-order chi connectivity index (χ0) is 9.84. The van der Waals surface area contributed by atoms with E-state index in [-0.39, 0.29) is 12.4 Å². The van der Waals surface area contributed by atoms with Gasteiger partial charge < -0.3 is 9.57 Å². The van der Waals surface area contributed by atoms with E-state index in [1.165, 1.54) is 6.92 Å². The van der Waals surface area contributed by atoms with E-state index < -0.39 is 12.1 Å². The summed E-state index contributed by atoms with van der Waals surface area (Å²) in [4.78, 5) is 26.4. The van der Waals surface area contributed by atoms with Gasteiger partial charge in [-0.05, 0) is 6.92 Å². The molecule has 5 heteroatoms. The second kappa shape index (κ2) is 4.02. The van der Waals surface area contributed by atoms with E-state index in [0.29, 0.717) is 6.42 Å². The van der Waals surface area contributed by atoms with Crippen molar-refractivity contribution in [1.82, 2.24) is 0 Å². The first-order valence-electron chi connectivity index (χ1n) is 3.95. The third-order valence-electron chi connectivity index (χ3n) is 1.59. The van der Waals surface area contributed by atoms with Gasteiger partial charge >= 0.3 is 5.97 Å². The van der Waals surface area contributed by atoms with Crippen LogP contribution >= 0.6 is 0 Å². The number of nitrogens with zero attached hydrogens (tertiary/aromatic N) is 1. The highest BCUT2D eigenvalue weighted by Crippen LogP contribution is 2.10. The number of hydrogen-bond acceptors (Lipinski definition) is 5. The lowest BCUT2D eigenvalue weighted by Gasteiger charge is -2.06. The number of Topliss-reactive ketones (excluding diaryl/α,β-unsaturated/α-hetero) is 1. The Morgan fingerprint density at radius 2 is 2.38 bits per heavy atom. The Morgan fingerprint density at radius 3 is 2.85 bits per heavy atom. The van der Waals surface area contributed by atoms with Crippen LogP contribution in [0.1, 0.15) is 20.3 Å². The quantitative estimate of drug-likeness (QED) is 0.592. The van der Waals surface area contributed by atoms with Gasteiger partial charge in [0, 0.05) is 13.3 Å². The largest absolute Gasteiger partial charge is 0.458 e. The molecule has 0 fully saturated rings. The predicted octanol–water partition coefficient (Wildman–Crippen LogP) is 0.283. The number of oxime groups is 1. The molecule has 0 aliphatic carbocycles. The lowest BCUT2D eigenvalue weighted by molar-refractivity contribution is -0.148. The van der Waals surface area contributed by atoms with Crippen LogP contribution in [-0.2, 0) is 19.2 Å². The van der Waals surface area contributed by atoms with Gasteiger partial charge in [-0.1, -0.05) is 5.16 Å². The Hall–Kier alpha value is -1.39. The second-order valence-corrected chi connectivity index (χ2v) is 2.87. The molecule has 13 heavy (non-hydrogen) atoms. The van der Waals surface area contributed by atoms with Crippen molar-refractivity contribution in [1.29, 1.82) is 0 Å². The van der Waals surface area contributed by atoms with Gasteiger partial charge in [-0.3, -0.25) is 9.59 Å². The van der Waals surface area contributed by atoms with Gasteiger partial charge in [-0.2, -0.15) is 0 Å². The molecule has 0 spiro atoms. The predicted molar refractivity (Wildman–Crippen MR) is 44.2 cm³/mol. The highest BCUT2D eigenvalue weighted by Gasteiger charge is 2.26. The highest BCUT2D eigenvalue weighted by atomic mass is 16.6. The lowest BCUT2D eigenvalue weighted by Crippen LogP contribution is -2.25. The van der Waals surface area contributed by atoms with E-state index in [0.717, 1.165) is 5.71 Å². The van der Waals surface area contributed by atoms with Crippen molar-refractivity contribution < 1.29 is 19.2 Å². The SMILES string of the molecule is CC(=O)OCC(=O)[C@@H]1CC(C)=NO1. The van der Waals surface area contributed by atoms with E-state index in [4.69, 9.17) is 4.84 Å². The molecule has 0 aromatic rings. The molecule has 0 saturated carbocycles. The average molecular weight is 185 g/mol. The summed E-state index contributed by atoms with van der Waals surface area (Å²) in [5, 5.41) is 3.62. The van der Waals surface area contributed by atoms with E-state index in [2.05, 4.69) is 9.89 Å². The van der Waals surface area contributed by atoms with Gasteiger partial charge in [-0.25, -0.2) is 0 Å². The van der Waals surface area contributed by atoms with Crippen LogP contribution < -0.4 is 0 Å². The summed E-state index contributed by atoms with van der Waals surface area (Å²) in [6, 6.07) is 0. The number of esters is 1. The molecule has 5 nitrogen and oxygen atoms in total. The molecule has 0 amide bonds. The summed E-state index contributed by atoms with van der Waals surface area (Å²) in [6.07, 6.45) is -0.0838. The fourth-order valence-corrected chi connectivity index (χ4v) is 0.935. The Kier molecular flexibility index (Phi) is 3.00. The average Bonchev–Trinajstić information content (AvgIpc) is 2.47. The first kappa shape index (κ1) is 9.70. The van der Waals surface area contributed by atoms with Crippen LogP contribution in [0.25, 0.3) is 0 Å². The Balaban J connectivity index is 2.29. The molecule has 1 heterocycles. The minimum absolute atomic E-state index is 0.233. The fourth-order valence-electron chi connectivity index (χ4n) is 0.935. The maximum atomic E-state index is 11.2. The molecule has 0 radical (unpaired) electrons. The monoisotopic (exact) mass is 185 g/mol. The molecule has 0 N–H and O–H groups in total. The van der Waals surface area contributed by atoms with Crippen LogP contribution in [-0.4, -0.2) is 30.2 Å². The molecule has 1 rings (SSSR count). The normalized spacial score (nSPS) is 20.5. The van der Waals surface area contributed by atoms with Crippen LogP contribution in [0.5, 0.6) is 0 Å². The second-order valence-electron chi connectivity index (χ2n) is 2.87. The van der Waals surface area contributed by atoms with Crippen LogP contribution in [0, 0.1) is 0 Å². The van der Waals surface area contributed by atoms with Crippen molar-refractivity contribution in [3.8, 4) is 0 Å². The lowest BCUT2D eigenvalue weighted by atomic mass is 10.1. The van der Waals surface area contributed by atoms with Crippen molar-refractivity contribution in [2.24, 2.45) is 5.16 Å². The van der Waals surface area contributed by atoms with Crippen LogP contribution in [0.3, 0.4) is 0 Å². The number of ether oxygens (including phenoxy) is 1. The summed E-state index contributed by atoms with van der Waals surface area (Å²) in [7, 11) is 0. The smallest absolute Gasteiger partial charge is 0.303 e. The minimum atomic E-state index is -0.570. The summed E-state index contributed by atoms with van der Waals surface area (Å²) < 4.78 is 4.53. The molecule has 1 aliphatic heterocycles. The van der Waals surface area contributed by atoms with E-state index in [1.807, 2.05) is 0 Å². The maximum Gasteiger partial charge on any atom is 0.303 e. The standard InChI is InChI=1S/C8H11NO4/c1-5-3-8(13-9-5)7(11)4-12-6(2)10/h8H,3-4H2,1-2H3/t8-/m0/s1. The summed E-state index contributed by atoms with van der Waals surface area (Å²) >= 11 is 0. The van der Waals surface area contributed by atoms with Gasteiger partial charge in [-0.15, -0.1) is 0 Å². The third-order valence-corrected chi connectivity index (χ3v) is 1.59. The van der Waals surface area contributed by atoms with Crippen molar-refractivity contribution in [3.05, 3.63) is 0 Å². The number of ketones is 1. The van der Waals surface area contributed by atoms with Gasteiger partial charge in [0.15, 0.2) is 12.7 Å². The van der Waals surface area contributed by atoms with Crippen molar-refractivity contribution in [2.75, 3.05) is 6.61 Å². The molecule has 0 aromatic heterocycles. The first-order chi connectivity index (χ1) is 6.09. The van der Waals surface area contributed by atoms with Crippen molar-refractivity contribution in [2.45, 2.75) is 26.4 Å². The zero-order valence-electron chi connectivity index (χ0n) is 7.57. The Bertz CT molecular complexity index is 259. The maximum absolute atomic E-state index is 11.2. The molecule has 0 bridgehead atoms. The number of carbonyl (C=O) groups excluding carboxylic acids is 2. The van der Waals surface area contributed by atoms with Crippen molar-refractivity contribution >= 4 is 17.5 Å². The Morgan fingerprint density at radius 1 is 1.69 bits per heavy atom. The number of carbonyl (C=O) groups is 2. The summed E-state index contributed by atoms with van der Waals surface area (Å²) in [5.41, 5.74) is 0.779. The van der Waals surface area contributed by atoms with Crippen LogP contribution in [0.15, 0.2) is 5.16 Å². The van der Waals surface area contributed by atoms with Gasteiger partial charge in [0.25, 0.3) is 0 Å². The van der Waals surface area contributed by atoms with Crippen LogP contribution in [0.2, 0.25) is 0 Å². The molecular weight excluding hydrogens is 174 g/mol. The molecule has 0 saturated heterocycles. The molecule has 0 aromatic carbocycles. The van der Waals surface area contributed by atoms with Gasteiger partial charge in [0.05, 0.1) is 5.71 Å². The molecule has 1 atom stereocenters. The molecule has 1 aliphatic rings. The molecule has 0 unspecified atom stereocenters. The van der Waals surface area contributed by atoms with Crippen molar-refractivity contribution in [3.63, 3.8) is 0 Å². The summed E-state index contributed by atoms with van der Waals surface area (Å²) in [6.45, 7) is 2.80. The van der Waals surface area contributed by atoms with Gasteiger partial charge in [0.1, 0.15) is 0 Å². The third kappa shape index (κ3) is 2.85. The molecule has 72 valence electrons. The first-order valence-corrected chi connectivity index (χ1v) is 3.95. The van der Waals surface area contributed by atoms with E-state index in [1.54, 1.807) is 6.92 Å². The van der Waals surface area contributed by atoms with E-state index in [9.17, 15) is 9.59 Å². The van der Waals surface area contributed by atoms with Gasteiger partial charge in [0.2, 0.25) is 5.78 Å². The van der Waals surface area contributed by atoms with Crippen LogP contribution in [0.4, 0.5) is 0 Å². The Labute approximate surface area is 75.7 Å². The fraction of sp³-hybridized carbons (Fsp3) is 0.625. The molecular formula is C8H11NO4. The highest BCUT2D eigenvalue weighted by molar-refractivity contribution is 5.93. The topological polar surface area (TPSA) is 65.0 Å². The minimum Gasteiger partial charge on any atom is -0.458 e. The number of hydrogen-bond donors (Lipinski definition) is 0. The summed E-state index contributed by atoms with van der Waals surface area (Å²) in [5.74, 6) is -0.722. The zero-order valence-corrected chi connectivity index (χ0v) is 7.57. The number of rotatable bonds is 3. The van der Waals surface area contributed by atoms with E-state index >= 15 is 0 Å².